The van der Waals surface area contributed by atoms with E-state index in [1.165, 1.54) is 0 Å². The van der Waals surface area contributed by atoms with Gasteiger partial charge in [0.2, 0.25) is 0 Å². The van der Waals surface area contributed by atoms with Crippen molar-refractivity contribution in [2.45, 2.75) is 44.7 Å². The molecule has 2 amide bonds. The third kappa shape index (κ3) is 3.04. The quantitative estimate of drug-likeness (QED) is 0.709. The van der Waals surface area contributed by atoms with Crippen LogP contribution in [0.2, 0.25) is 0 Å². The summed E-state index contributed by atoms with van der Waals surface area (Å²) in [6.07, 6.45) is 8.57. The Kier molecular flexibility index (Phi) is 4.50. The summed E-state index contributed by atoms with van der Waals surface area (Å²) < 4.78 is 7.29. The van der Waals surface area contributed by atoms with Gasteiger partial charge in [-0.2, -0.15) is 5.10 Å². The van der Waals surface area contributed by atoms with Crippen molar-refractivity contribution in [1.82, 2.24) is 19.5 Å². The largest absolute Gasteiger partial charge is 0.382 e. The lowest BCUT2D eigenvalue weighted by molar-refractivity contribution is -0.122. The van der Waals surface area contributed by atoms with Gasteiger partial charge in [-0.25, -0.2) is 9.31 Å². The molecule has 1 aromatic carbocycles. The van der Waals surface area contributed by atoms with Crippen molar-refractivity contribution in [2.75, 3.05) is 19.0 Å². The molecule has 0 spiro atoms. The molecular weight excluding hydrogens is 378 g/mol. The van der Waals surface area contributed by atoms with Crippen molar-refractivity contribution in [2.24, 2.45) is 5.92 Å². The number of aromatic nitrogens is 3. The van der Waals surface area contributed by atoms with Gasteiger partial charge < -0.3 is 15.0 Å². The second-order valence-corrected chi connectivity index (χ2v) is 8.86. The Morgan fingerprint density at radius 1 is 1.33 bits per heavy atom. The Morgan fingerprint density at radius 3 is 3.03 bits per heavy atom. The number of methoxy groups -OCH3 is 1. The number of hydrogen-bond donors (Lipinski definition) is 1. The summed E-state index contributed by atoms with van der Waals surface area (Å²) in [5.74, 6) is 0.622. The SMILES string of the molecule is COCC12CC(C)CC(C1)N2C(=O)Nc1ccc(C)c(-c2cn3nccc3cn2)c1. The van der Waals surface area contributed by atoms with Gasteiger partial charge in [0.1, 0.15) is 0 Å². The number of benzene rings is 1. The van der Waals surface area contributed by atoms with Crippen molar-refractivity contribution < 1.29 is 9.53 Å². The third-order valence-corrected chi connectivity index (χ3v) is 6.57. The molecule has 7 heteroatoms. The van der Waals surface area contributed by atoms with E-state index in [2.05, 4.69) is 22.3 Å². The fourth-order valence-electron chi connectivity index (χ4n) is 5.43. The van der Waals surface area contributed by atoms with Crippen LogP contribution in [0.3, 0.4) is 0 Å². The smallest absolute Gasteiger partial charge is 0.322 e. The molecule has 1 aliphatic carbocycles. The molecule has 2 fully saturated rings. The van der Waals surface area contributed by atoms with Crippen LogP contribution < -0.4 is 5.32 Å². The van der Waals surface area contributed by atoms with E-state index in [0.29, 0.717) is 18.6 Å². The van der Waals surface area contributed by atoms with Crippen LogP contribution in [0.15, 0.2) is 42.9 Å². The lowest BCUT2D eigenvalue weighted by Gasteiger charge is -2.63. The summed E-state index contributed by atoms with van der Waals surface area (Å²) in [5, 5.41) is 7.42. The van der Waals surface area contributed by atoms with E-state index in [-0.39, 0.29) is 11.6 Å². The molecule has 7 nitrogen and oxygen atoms in total. The number of anilines is 1. The first-order valence-electron chi connectivity index (χ1n) is 10.5. The van der Waals surface area contributed by atoms with Crippen LogP contribution in [0.1, 0.15) is 31.7 Å². The van der Waals surface area contributed by atoms with Gasteiger partial charge in [0.25, 0.3) is 0 Å². The number of carbonyl (C=O) groups is 1. The number of urea groups is 1. The summed E-state index contributed by atoms with van der Waals surface area (Å²) in [6.45, 7) is 4.90. The first-order valence-corrected chi connectivity index (χ1v) is 10.5. The molecule has 156 valence electrons. The minimum atomic E-state index is -0.165. The molecule has 1 N–H and O–H groups in total. The Labute approximate surface area is 176 Å². The van der Waals surface area contributed by atoms with Gasteiger partial charge in [-0.15, -0.1) is 0 Å². The second kappa shape index (κ2) is 7.09. The topological polar surface area (TPSA) is 71.8 Å². The molecule has 3 unspecified atom stereocenters. The van der Waals surface area contributed by atoms with E-state index in [9.17, 15) is 4.79 Å². The molecule has 1 saturated heterocycles. The highest BCUT2D eigenvalue weighted by molar-refractivity contribution is 5.92. The highest BCUT2D eigenvalue weighted by Gasteiger charge is 2.58. The van der Waals surface area contributed by atoms with Gasteiger partial charge in [-0.05, 0) is 55.9 Å². The van der Waals surface area contributed by atoms with E-state index in [1.54, 1.807) is 13.3 Å². The van der Waals surface area contributed by atoms with E-state index < -0.39 is 0 Å². The van der Waals surface area contributed by atoms with Crippen LogP contribution in [-0.4, -0.2) is 50.8 Å². The first-order chi connectivity index (χ1) is 14.5. The Balaban J connectivity index is 1.40. The summed E-state index contributed by atoms with van der Waals surface area (Å²) in [5.41, 5.74) is 4.45. The van der Waals surface area contributed by atoms with Crippen molar-refractivity contribution in [3.05, 3.63) is 48.4 Å². The fourth-order valence-corrected chi connectivity index (χ4v) is 5.43. The standard InChI is InChI=1S/C23H27N5O2/c1-15-8-19-11-23(10-15,14-30-3)28(19)22(29)26-17-5-4-16(2)20(9-17)21-13-27-18(12-24-21)6-7-25-27/h4-7,9,12-13,15,19H,8,10-11,14H2,1-3H3,(H,26,29). The molecule has 3 heterocycles. The van der Waals surface area contributed by atoms with Crippen LogP contribution in [0.4, 0.5) is 10.5 Å². The number of ether oxygens (including phenoxy) is 1. The molecule has 0 radical (unpaired) electrons. The first kappa shape index (κ1) is 19.1. The van der Waals surface area contributed by atoms with Crippen molar-refractivity contribution in [3.8, 4) is 11.3 Å². The molecule has 1 saturated carbocycles. The van der Waals surface area contributed by atoms with Crippen molar-refractivity contribution in [1.29, 1.82) is 0 Å². The van der Waals surface area contributed by atoms with Gasteiger partial charge >= 0.3 is 6.03 Å². The predicted octanol–water partition coefficient (Wildman–Crippen LogP) is 4.13. The zero-order valence-corrected chi connectivity index (χ0v) is 17.6. The molecule has 5 rings (SSSR count). The van der Waals surface area contributed by atoms with Gasteiger partial charge in [0.15, 0.2) is 0 Å². The Morgan fingerprint density at radius 2 is 2.20 bits per heavy atom. The van der Waals surface area contributed by atoms with E-state index in [0.717, 1.165) is 47.3 Å². The van der Waals surface area contributed by atoms with Crippen LogP contribution in [0, 0.1) is 12.8 Å². The molecule has 2 aliphatic rings. The highest BCUT2D eigenvalue weighted by atomic mass is 16.5. The van der Waals surface area contributed by atoms with Crippen LogP contribution in [0.25, 0.3) is 16.8 Å². The molecule has 2 aromatic heterocycles. The predicted molar refractivity (Wildman–Crippen MR) is 115 cm³/mol. The lowest BCUT2D eigenvalue weighted by atomic mass is 9.65. The maximum absolute atomic E-state index is 13.2. The second-order valence-electron chi connectivity index (χ2n) is 8.86. The Hall–Kier alpha value is -2.93. The minimum absolute atomic E-state index is 0.0412. The summed E-state index contributed by atoms with van der Waals surface area (Å²) in [7, 11) is 1.72. The number of piperidine rings is 1. The normalized spacial score (nSPS) is 25.2. The maximum Gasteiger partial charge on any atom is 0.322 e. The fraction of sp³-hybridized carbons (Fsp3) is 0.435. The lowest BCUT2D eigenvalue weighted by Crippen LogP contribution is -2.74. The number of nitrogens with zero attached hydrogens (tertiary/aromatic N) is 4. The number of carbonyl (C=O) groups excluding carboxylic acids is 1. The minimum Gasteiger partial charge on any atom is -0.382 e. The monoisotopic (exact) mass is 405 g/mol. The zero-order valence-electron chi connectivity index (χ0n) is 17.6. The highest BCUT2D eigenvalue weighted by Crippen LogP contribution is 2.50. The van der Waals surface area contributed by atoms with Crippen LogP contribution in [0.5, 0.6) is 0 Å². The van der Waals surface area contributed by atoms with E-state index in [1.807, 2.05) is 53.0 Å². The number of rotatable bonds is 4. The van der Waals surface area contributed by atoms with E-state index >= 15 is 0 Å². The number of nitrogens with one attached hydrogen (secondary N) is 1. The van der Waals surface area contributed by atoms with Crippen molar-refractivity contribution in [3.63, 3.8) is 0 Å². The number of fused-ring (bicyclic) bond motifs is 3. The number of aryl methyl sites for hydroxylation is 1. The summed E-state index contributed by atoms with van der Waals surface area (Å²) >= 11 is 0. The molecule has 1 aliphatic heterocycles. The van der Waals surface area contributed by atoms with Gasteiger partial charge in [0, 0.05) is 24.4 Å². The molecule has 3 atom stereocenters. The summed E-state index contributed by atoms with van der Waals surface area (Å²) in [6, 6.07) is 8.14. The molecule has 2 bridgehead atoms. The molecule has 30 heavy (non-hydrogen) atoms. The number of amides is 2. The third-order valence-electron chi connectivity index (χ3n) is 6.57. The van der Waals surface area contributed by atoms with Crippen molar-refractivity contribution >= 4 is 17.2 Å². The van der Waals surface area contributed by atoms with Gasteiger partial charge in [-0.1, -0.05) is 13.0 Å². The molecular formula is C23H27N5O2. The maximum atomic E-state index is 13.2. The van der Waals surface area contributed by atoms with Crippen LogP contribution >= 0.6 is 0 Å². The number of hydrogen-bond acceptors (Lipinski definition) is 4. The van der Waals surface area contributed by atoms with Crippen LogP contribution in [-0.2, 0) is 4.74 Å². The number of likely N-dealkylation sites (tertiary alicyclic amines) is 1. The zero-order chi connectivity index (χ0) is 20.9. The van der Waals surface area contributed by atoms with Gasteiger partial charge in [0.05, 0.1) is 41.9 Å². The molecule has 3 aromatic rings. The van der Waals surface area contributed by atoms with Gasteiger partial charge in [-0.3, -0.25) is 4.98 Å². The summed E-state index contributed by atoms with van der Waals surface area (Å²) in [4.78, 5) is 19.8. The Bertz CT molecular complexity index is 1110. The van der Waals surface area contributed by atoms with E-state index in [4.69, 9.17) is 4.74 Å². The average molecular weight is 406 g/mol. The average Bonchev–Trinajstić information content (AvgIpc) is 3.16.